The van der Waals surface area contributed by atoms with Gasteiger partial charge < -0.3 is 4.74 Å². The molecule has 0 saturated heterocycles. The molecular weight excluding hydrogens is 346 g/mol. The second-order valence-corrected chi connectivity index (χ2v) is 6.77. The van der Waals surface area contributed by atoms with E-state index in [1.165, 1.54) is 19.2 Å². The summed E-state index contributed by atoms with van der Waals surface area (Å²) in [6.07, 6.45) is 0.913. The number of aryl methyl sites for hydroxylation is 1. The zero-order valence-corrected chi connectivity index (χ0v) is 15.1. The summed E-state index contributed by atoms with van der Waals surface area (Å²) in [5.74, 6) is -0.261. The van der Waals surface area contributed by atoms with Gasteiger partial charge in [-0.15, -0.1) is 0 Å². The first-order chi connectivity index (χ1) is 13.0. The Morgan fingerprint density at radius 2 is 1.52 bits per heavy atom. The maximum Gasteiger partial charge on any atom is 0.163 e. The van der Waals surface area contributed by atoms with Crippen LogP contribution in [0.25, 0.3) is 22.3 Å². The lowest BCUT2D eigenvalue weighted by molar-refractivity contribution is 0.0994. The van der Waals surface area contributed by atoms with Crippen LogP contribution in [0.15, 0.2) is 48.5 Å². The Bertz CT molecular complexity index is 1070. The van der Waals surface area contributed by atoms with Crippen LogP contribution in [0.4, 0.5) is 8.78 Å². The van der Waals surface area contributed by atoms with Crippen molar-refractivity contribution in [1.29, 1.82) is 0 Å². The number of rotatable bonds is 3. The summed E-state index contributed by atoms with van der Waals surface area (Å²) in [5.41, 5.74) is 4.13. The van der Waals surface area contributed by atoms with E-state index in [-0.39, 0.29) is 5.78 Å². The number of fused-ring (bicyclic) bond motifs is 1. The van der Waals surface area contributed by atoms with Gasteiger partial charge in [0.1, 0.15) is 17.4 Å². The van der Waals surface area contributed by atoms with Crippen molar-refractivity contribution in [2.24, 2.45) is 0 Å². The first-order valence-electron chi connectivity index (χ1n) is 8.79. The summed E-state index contributed by atoms with van der Waals surface area (Å²) in [6.45, 7) is 1.88. The number of benzene rings is 3. The van der Waals surface area contributed by atoms with Crippen molar-refractivity contribution in [3.63, 3.8) is 0 Å². The third-order valence-electron chi connectivity index (χ3n) is 5.07. The van der Waals surface area contributed by atoms with Crippen LogP contribution in [0, 0.1) is 18.6 Å². The van der Waals surface area contributed by atoms with Gasteiger partial charge in [0.05, 0.1) is 7.11 Å². The Labute approximate surface area is 156 Å². The average Bonchev–Trinajstić information content (AvgIpc) is 3.05. The monoisotopic (exact) mass is 364 g/mol. The fourth-order valence-corrected chi connectivity index (χ4v) is 3.74. The molecule has 0 spiro atoms. The van der Waals surface area contributed by atoms with Crippen LogP contribution >= 0.6 is 0 Å². The van der Waals surface area contributed by atoms with Crippen molar-refractivity contribution in [2.45, 2.75) is 19.8 Å². The largest absolute Gasteiger partial charge is 0.497 e. The summed E-state index contributed by atoms with van der Waals surface area (Å²) >= 11 is 0. The molecule has 3 aromatic rings. The standard InChI is InChI=1S/C23H18F2O2/c1-13-3-8-21(25)19(11-13)23-16-7-10-22(26)15(16)5-6-17(23)18-12-14(27-2)4-9-20(18)24/h3-6,8-9,11-12H,7,10H2,1-2H3. The van der Waals surface area contributed by atoms with Crippen molar-refractivity contribution in [1.82, 2.24) is 0 Å². The van der Waals surface area contributed by atoms with Crippen molar-refractivity contribution >= 4 is 5.78 Å². The summed E-state index contributed by atoms with van der Waals surface area (Å²) in [4.78, 5) is 12.2. The number of carbonyl (C=O) groups excluding carboxylic acids is 1. The average molecular weight is 364 g/mol. The maximum atomic E-state index is 14.8. The summed E-state index contributed by atoms with van der Waals surface area (Å²) in [5, 5.41) is 0. The van der Waals surface area contributed by atoms with E-state index in [1.807, 2.05) is 6.92 Å². The van der Waals surface area contributed by atoms with Crippen molar-refractivity contribution in [3.8, 4) is 28.0 Å². The normalized spacial score (nSPS) is 13.0. The highest BCUT2D eigenvalue weighted by Gasteiger charge is 2.27. The Balaban J connectivity index is 2.07. The number of hydrogen-bond donors (Lipinski definition) is 0. The molecule has 0 saturated carbocycles. The van der Waals surface area contributed by atoms with Crippen LogP contribution in [0.3, 0.4) is 0 Å². The van der Waals surface area contributed by atoms with E-state index in [0.29, 0.717) is 46.4 Å². The fourth-order valence-electron chi connectivity index (χ4n) is 3.74. The predicted octanol–water partition coefficient (Wildman–Crippen LogP) is 5.74. The molecule has 136 valence electrons. The van der Waals surface area contributed by atoms with E-state index in [9.17, 15) is 13.6 Å². The Kier molecular flexibility index (Phi) is 4.27. The Morgan fingerprint density at radius 1 is 0.815 bits per heavy atom. The second-order valence-electron chi connectivity index (χ2n) is 6.77. The van der Waals surface area contributed by atoms with Gasteiger partial charge in [-0.3, -0.25) is 4.79 Å². The third kappa shape index (κ3) is 2.91. The summed E-state index contributed by atoms with van der Waals surface area (Å²) in [6, 6.07) is 12.8. The minimum atomic E-state index is -0.422. The molecule has 0 heterocycles. The molecule has 0 atom stereocenters. The smallest absolute Gasteiger partial charge is 0.163 e. The van der Waals surface area contributed by atoms with Gasteiger partial charge >= 0.3 is 0 Å². The van der Waals surface area contributed by atoms with E-state index in [4.69, 9.17) is 4.74 Å². The lowest BCUT2D eigenvalue weighted by atomic mass is 9.87. The van der Waals surface area contributed by atoms with Crippen LogP contribution in [0.1, 0.15) is 27.9 Å². The molecule has 0 aliphatic heterocycles. The summed E-state index contributed by atoms with van der Waals surface area (Å²) < 4.78 is 34.7. The quantitative estimate of drug-likeness (QED) is 0.592. The van der Waals surface area contributed by atoms with E-state index in [2.05, 4.69) is 0 Å². The number of Topliss-reactive ketones (excluding diaryl/α,β-unsaturated/α-hetero) is 1. The molecule has 1 aliphatic carbocycles. The maximum absolute atomic E-state index is 14.8. The van der Waals surface area contributed by atoms with Gasteiger partial charge in [0.2, 0.25) is 0 Å². The number of hydrogen-bond acceptors (Lipinski definition) is 2. The number of ether oxygens (including phenoxy) is 1. The van der Waals surface area contributed by atoms with Crippen molar-refractivity contribution in [2.75, 3.05) is 7.11 Å². The van der Waals surface area contributed by atoms with Gasteiger partial charge in [-0.25, -0.2) is 8.78 Å². The minimum absolute atomic E-state index is 0.0389. The topological polar surface area (TPSA) is 26.3 Å². The molecule has 0 unspecified atom stereocenters. The van der Waals surface area contributed by atoms with Gasteiger partial charge in [0, 0.05) is 23.1 Å². The first-order valence-corrected chi connectivity index (χ1v) is 8.79. The fraction of sp³-hybridized carbons (Fsp3) is 0.174. The molecule has 0 amide bonds. The Hall–Kier alpha value is -3.01. The molecule has 0 fully saturated rings. The van der Waals surface area contributed by atoms with Gasteiger partial charge in [-0.2, -0.15) is 0 Å². The third-order valence-corrected chi connectivity index (χ3v) is 5.07. The highest BCUT2D eigenvalue weighted by atomic mass is 19.1. The van der Waals surface area contributed by atoms with E-state index >= 15 is 0 Å². The van der Waals surface area contributed by atoms with Crippen LogP contribution in [-0.2, 0) is 6.42 Å². The molecule has 0 N–H and O–H groups in total. The van der Waals surface area contributed by atoms with Crippen molar-refractivity contribution < 1.29 is 18.3 Å². The summed E-state index contributed by atoms with van der Waals surface area (Å²) in [7, 11) is 1.51. The lowest BCUT2D eigenvalue weighted by Gasteiger charge is -2.17. The van der Waals surface area contributed by atoms with E-state index in [1.54, 1.807) is 36.4 Å². The lowest BCUT2D eigenvalue weighted by Crippen LogP contribution is -1.99. The zero-order valence-electron chi connectivity index (χ0n) is 15.1. The highest BCUT2D eigenvalue weighted by Crippen LogP contribution is 2.42. The number of methoxy groups -OCH3 is 1. The van der Waals surface area contributed by atoms with Crippen LogP contribution in [0.2, 0.25) is 0 Å². The van der Waals surface area contributed by atoms with Gasteiger partial charge in [0.15, 0.2) is 5.78 Å². The zero-order chi connectivity index (χ0) is 19.1. The first kappa shape index (κ1) is 17.4. The number of halogens is 2. The van der Waals surface area contributed by atoms with E-state index < -0.39 is 11.6 Å². The molecular formula is C23H18F2O2. The molecule has 0 bridgehead atoms. The molecule has 1 aliphatic rings. The molecule has 27 heavy (non-hydrogen) atoms. The van der Waals surface area contributed by atoms with Crippen LogP contribution in [-0.4, -0.2) is 12.9 Å². The van der Waals surface area contributed by atoms with Crippen LogP contribution in [0.5, 0.6) is 5.75 Å². The number of ketones is 1. The second kappa shape index (κ2) is 6.62. The minimum Gasteiger partial charge on any atom is -0.497 e. The van der Waals surface area contributed by atoms with E-state index in [0.717, 1.165) is 11.1 Å². The van der Waals surface area contributed by atoms with Crippen molar-refractivity contribution in [3.05, 3.63) is 76.9 Å². The Morgan fingerprint density at radius 3 is 2.30 bits per heavy atom. The SMILES string of the molecule is COc1ccc(F)c(-c2ccc3c(c2-c2cc(C)ccc2F)CCC3=O)c1. The molecule has 0 aromatic heterocycles. The molecule has 3 aromatic carbocycles. The number of carbonyl (C=O) groups is 1. The van der Waals surface area contributed by atoms with Gasteiger partial charge in [-0.1, -0.05) is 23.8 Å². The molecule has 4 rings (SSSR count). The molecule has 2 nitrogen and oxygen atoms in total. The van der Waals surface area contributed by atoms with Crippen LogP contribution < -0.4 is 4.74 Å². The molecule has 0 radical (unpaired) electrons. The predicted molar refractivity (Wildman–Crippen MR) is 101 cm³/mol. The van der Waals surface area contributed by atoms with Gasteiger partial charge in [-0.05, 0) is 60.4 Å². The highest BCUT2D eigenvalue weighted by molar-refractivity contribution is 6.04. The molecule has 4 heteroatoms. The van der Waals surface area contributed by atoms with Gasteiger partial charge in [0.25, 0.3) is 0 Å².